The molecule has 1 aromatic carbocycles. The summed E-state index contributed by atoms with van der Waals surface area (Å²) < 4.78 is 1.37. The zero-order valence-electron chi connectivity index (χ0n) is 9.49. The summed E-state index contributed by atoms with van der Waals surface area (Å²) in [6, 6.07) is 3.21. The van der Waals surface area contributed by atoms with Crippen LogP contribution in [-0.4, -0.2) is 23.4 Å². The maximum absolute atomic E-state index is 11.7. The van der Waals surface area contributed by atoms with E-state index in [2.05, 4.69) is 47.2 Å². The number of benzene rings is 1. The van der Waals surface area contributed by atoms with E-state index >= 15 is 0 Å². The molecule has 1 N–H and O–H groups in total. The maximum atomic E-state index is 11.7. The van der Waals surface area contributed by atoms with E-state index < -0.39 is 17.7 Å². The molecule has 1 aliphatic rings. The number of hydrogen-bond acceptors (Lipinski definition) is 5. The fourth-order valence-corrected chi connectivity index (χ4v) is 2.14. The van der Waals surface area contributed by atoms with Gasteiger partial charge in [-0.1, -0.05) is 5.16 Å². The highest BCUT2D eigenvalue weighted by molar-refractivity contribution is 9.13. The van der Waals surface area contributed by atoms with Gasteiger partial charge >= 0.3 is 5.97 Å². The molecule has 0 saturated heterocycles. The van der Waals surface area contributed by atoms with Crippen molar-refractivity contribution in [1.82, 2.24) is 0 Å². The largest absolute Gasteiger partial charge is 0.332 e. The van der Waals surface area contributed by atoms with E-state index in [4.69, 9.17) is 0 Å². The van der Waals surface area contributed by atoms with Gasteiger partial charge in [-0.05, 0) is 44.0 Å². The number of oxime groups is 1. The summed E-state index contributed by atoms with van der Waals surface area (Å²) in [7, 11) is 0. The van der Waals surface area contributed by atoms with Crippen molar-refractivity contribution in [3.8, 4) is 0 Å². The molecule has 0 radical (unpaired) electrons. The fourth-order valence-electron chi connectivity index (χ4n) is 1.46. The number of hydrogen-bond donors (Lipinski definition) is 1. The molecule has 19 heavy (non-hydrogen) atoms. The molecule has 1 amide bonds. The Morgan fingerprint density at radius 2 is 1.89 bits per heavy atom. The van der Waals surface area contributed by atoms with Gasteiger partial charge < -0.3 is 10.2 Å². The third kappa shape index (κ3) is 2.74. The third-order valence-corrected chi connectivity index (χ3v) is 4.09. The summed E-state index contributed by atoms with van der Waals surface area (Å²) >= 11 is 6.57. The van der Waals surface area contributed by atoms with Crippen molar-refractivity contribution in [2.24, 2.45) is 5.16 Å². The summed E-state index contributed by atoms with van der Waals surface area (Å²) in [5.74, 6) is -2.36. The molecule has 8 heteroatoms. The lowest BCUT2D eigenvalue weighted by atomic mass is 10.00. The van der Waals surface area contributed by atoms with Crippen LogP contribution in [0.2, 0.25) is 0 Å². The van der Waals surface area contributed by atoms with Crippen LogP contribution in [-0.2, 0) is 19.2 Å². The molecule has 1 aliphatic heterocycles. The molecular weight excluding hydrogens is 384 g/mol. The van der Waals surface area contributed by atoms with Gasteiger partial charge in [-0.15, -0.1) is 0 Å². The van der Waals surface area contributed by atoms with Crippen LogP contribution in [0, 0.1) is 0 Å². The molecule has 0 fully saturated rings. The van der Waals surface area contributed by atoms with E-state index in [0.29, 0.717) is 20.2 Å². The Morgan fingerprint density at radius 1 is 1.26 bits per heavy atom. The van der Waals surface area contributed by atoms with Crippen molar-refractivity contribution in [3.63, 3.8) is 0 Å². The van der Waals surface area contributed by atoms with Crippen molar-refractivity contribution in [2.75, 3.05) is 5.32 Å². The minimum absolute atomic E-state index is 0.206. The number of Topliss-reactive ketones (excluding diaryl/α,β-unsaturated/α-hetero) is 1. The van der Waals surface area contributed by atoms with Crippen LogP contribution in [0.5, 0.6) is 0 Å². The monoisotopic (exact) mass is 388 g/mol. The lowest BCUT2D eigenvalue weighted by molar-refractivity contribution is -0.141. The molecule has 0 saturated carbocycles. The second-order valence-corrected chi connectivity index (χ2v) is 5.33. The van der Waals surface area contributed by atoms with Gasteiger partial charge in [0.1, 0.15) is 0 Å². The number of carbonyl (C=O) groups is 3. The Labute approximate surface area is 124 Å². The zero-order valence-corrected chi connectivity index (χ0v) is 12.7. The first-order valence-corrected chi connectivity index (χ1v) is 6.59. The molecule has 2 rings (SSSR count). The van der Waals surface area contributed by atoms with Crippen LogP contribution < -0.4 is 5.32 Å². The summed E-state index contributed by atoms with van der Waals surface area (Å²) in [5.41, 5.74) is 0.577. The molecule has 0 atom stereocenters. The highest BCUT2D eigenvalue weighted by atomic mass is 79.9. The number of carbonyl (C=O) groups excluding carboxylic acids is 3. The number of rotatable bonds is 1. The maximum Gasteiger partial charge on any atom is 0.332 e. The highest BCUT2D eigenvalue weighted by Gasteiger charge is 2.32. The highest BCUT2D eigenvalue weighted by Crippen LogP contribution is 2.32. The first-order valence-electron chi connectivity index (χ1n) is 5.01. The van der Waals surface area contributed by atoms with E-state index in [-0.39, 0.29) is 5.71 Å². The number of anilines is 1. The predicted molar refractivity (Wildman–Crippen MR) is 73.8 cm³/mol. The topological polar surface area (TPSA) is 84.8 Å². The Kier molecular flexibility index (Phi) is 3.81. The van der Waals surface area contributed by atoms with Gasteiger partial charge in [-0.2, -0.15) is 0 Å². The molecular formula is C11H6Br2N2O4. The second-order valence-electron chi connectivity index (χ2n) is 3.62. The van der Waals surface area contributed by atoms with Crippen LogP contribution in [0.25, 0.3) is 0 Å². The number of nitrogens with zero attached hydrogens (tertiary/aromatic N) is 1. The standard InChI is InChI=1S/C11H6Br2N2O4/c1-4(16)19-15-9-5-2-6(12)7(13)3-8(5)14-11(18)10(9)17/h2-3H,1H3,(H,14,18). The molecule has 0 aromatic heterocycles. The van der Waals surface area contributed by atoms with Crippen molar-refractivity contribution in [2.45, 2.75) is 6.92 Å². The minimum Gasteiger partial charge on any atom is -0.318 e. The summed E-state index contributed by atoms with van der Waals surface area (Å²) in [6.07, 6.45) is 0. The summed E-state index contributed by atoms with van der Waals surface area (Å²) in [4.78, 5) is 38.4. The van der Waals surface area contributed by atoms with E-state index in [9.17, 15) is 14.4 Å². The van der Waals surface area contributed by atoms with Crippen molar-refractivity contribution in [3.05, 3.63) is 26.6 Å². The van der Waals surface area contributed by atoms with Gasteiger partial charge in [0, 0.05) is 21.4 Å². The van der Waals surface area contributed by atoms with E-state index in [1.807, 2.05) is 0 Å². The molecule has 0 unspecified atom stereocenters. The first kappa shape index (κ1) is 13.9. The molecule has 1 aromatic rings. The van der Waals surface area contributed by atoms with Gasteiger partial charge in [-0.25, -0.2) is 4.79 Å². The number of ketones is 1. The van der Waals surface area contributed by atoms with Crippen LogP contribution >= 0.6 is 31.9 Å². The number of halogens is 2. The van der Waals surface area contributed by atoms with Gasteiger partial charge in [0.2, 0.25) is 0 Å². The summed E-state index contributed by atoms with van der Waals surface area (Å²) in [6.45, 7) is 1.15. The van der Waals surface area contributed by atoms with Crippen molar-refractivity contribution < 1.29 is 19.2 Å². The van der Waals surface area contributed by atoms with Gasteiger partial charge in [0.25, 0.3) is 11.7 Å². The normalized spacial score (nSPS) is 16.1. The number of amides is 1. The first-order chi connectivity index (χ1) is 8.90. The minimum atomic E-state index is -0.858. The van der Waals surface area contributed by atoms with Gasteiger partial charge in [0.15, 0.2) is 5.71 Å². The van der Waals surface area contributed by atoms with Gasteiger partial charge in [0.05, 0.1) is 5.69 Å². The Morgan fingerprint density at radius 3 is 2.53 bits per heavy atom. The molecule has 1 heterocycles. The molecule has 6 nitrogen and oxygen atoms in total. The molecule has 0 aliphatic carbocycles. The zero-order chi connectivity index (χ0) is 14.2. The van der Waals surface area contributed by atoms with Crippen LogP contribution in [0.4, 0.5) is 5.69 Å². The molecule has 98 valence electrons. The number of fused-ring (bicyclic) bond motifs is 1. The summed E-state index contributed by atoms with van der Waals surface area (Å²) in [5, 5.41) is 5.88. The third-order valence-electron chi connectivity index (χ3n) is 2.25. The predicted octanol–water partition coefficient (Wildman–Crippen LogP) is 2.00. The Hall–Kier alpha value is -1.54. The van der Waals surface area contributed by atoms with Crippen LogP contribution in [0.3, 0.4) is 0 Å². The average molecular weight is 390 g/mol. The SMILES string of the molecule is CC(=O)ON=C1C(=O)C(=O)Nc2cc(Br)c(Br)cc21. The van der Waals surface area contributed by atoms with Crippen molar-refractivity contribution in [1.29, 1.82) is 0 Å². The Bertz CT molecular complexity index is 640. The van der Waals surface area contributed by atoms with Crippen LogP contribution in [0.15, 0.2) is 26.2 Å². The van der Waals surface area contributed by atoms with E-state index in [0.717, 1.165) is 6.92 Å². The molecule has 0 bridgehead atoms. The van der Waals surface area contributed by atoms with Crippen molar-refractivity contribution >= 4 is 60.9 Å². The number of nitrogens with one attached hydrogen (secondary N) is 1. The smallest absolute Gasteiger partial charge is 0.318 e. The van der Waals surface area contributed by atoms with E-state index in [1.165, 1.54) is 0 Å². The molecule has 0 spiro atoms. The van der Waals surface area contributed by atoms with E-state index in [1.54, 1.807) is 12.1 Å². The van der Waals surface area contributed by atoms with Crippen LogP contribution in [0.1, 0.15) is 12.5 Å². The lowest BCUT2D eigenvalue weighted by Crippen LogP contribution is -2.36. The lowest BCUT2D eigenvalue weighted by Gasteiger charge is -2.17. The second kappa shape index (κ2) is 5.22. The fraction of sp³-hybridized carbons (Fsp3) is 0.0909. The Balaban J connectivity index is 2.58. The quantitative estimate of drug-likeness (QED) is 0.452. The van der Waals surface area contributed by atoms with Gasteiger partial charge in [-0.3, -0.25) is 9.59 Å². The average Bonchev–Trinajstić information content (AvgIpc) is 2.32.